The summed E-state index contributed by atoms with van der Waals surface area (Å²) in [6.07, 6.45) is 4.74. The van der Waals surface area contributed by atoms with Crippen LogP contribution in [-0.4, -0.2) is 39.1 Å². The van der Waals surface area contributed by atoms with E-state index in [1.165, 1.54) is 24.6 Å². The number of nitrogens with one attached hydrogen (secondary N) is 1. The number of hydrogen-bond acceptors (Lipinski definition) is 5. The lowest BCUT2D eigenvalue weighted by Gasteiger charge is -2.14. The highest BCUT2D eigenvalue weighted by molar-refractivity contribution is 7.99. The Morgan fingerprint density at radius 3 is 2.96 bits per heavy atom. The summed E-state index contributed by atoms with van der Waals surface area (Å²) in [6.45, 7) is 1.60. The van der Waals surface area contributed by atoms with Crippen LogP contribution < -0.4 is 5.32 Å². The normalized spacial score (nSPS) is 19.7. The van der Waals surface area contributed by atoms with Crippen LogP contribution in [0.5, 0.6) is 0 Å². The Morgan fingerprint density at radius 2 is 2.23 bits per heavy atom. The first-order valence-corrected chi connectivity index (χ1v) is 10.3. The van der Waals surface area contributed by atoms with Crippen LogP contribution in [0.3, 0.4) is 0 Å². The zero-order valence-electron chi connectivity index (χ0n) is 14.4. The van der Waals surface area contributed by atoms with Crippen LogP contribution in [0.25, 0.3) is 0 Å². The van der Waals surface area contributed by atoms with Crippen molar-refractivity contribution in [2.75, 3.05) is 17.7 Å². The molecule has 1 N–H and O–H groups in total. The van der Waals surface area contributed by atoms with Gasteiger partial charge < -0.3 is 14.6 Å². The zero-order valence-corrected chi connectivity index (χ0v) is 15.9. The minimum absolute atomic E-state index is 0.0862. The average molecular weight is 393 g/mol. The van der Waals surface area contributed by atoms with Crippen molar-refractivity contribution < 1.29 is 9.53 Å². The molecular formula is C18H21ClN4O2S. The smallest absolute Gasteiger partial charge is 0.234 e. The number of benzene rings is 1. The van der Waals surface area contributed by atoms with Crippen LogP contribution in [0.4, 0.5) is 5.69 Å². The zero-order chi connectivity index (χ0) is 17.9. The molecule has 2 fully saturated rings. The van der Waals surface area contributed by atoms with E-state index in [1.807, 2.05) is 12.1 Å². The van der Waals surface area contributed by atoms with E-state index in [-0.39, 0.29) is 17.8 Å². The van der Waals surface area contributed by atoms with Gasteiger partial charge in [0.15, 0.2) is 5.16 Å². The van der Waals surface area contributed by atoms with Crippen LogP contribution >= 0.6 is 23.4 Å². The molecule has 1 amide bonds. The van der Waals surface area contributed by atoms with Gasteiger partial charge in [0.05, 0.1) is 18.4 Å². The highest BCUT2D eigenvalue weighted by atomic mass is 35.5. The lowest BCUT2D eigenvalue weighted by molar-refractivity contribution is -0.113. The van der Waals surface area contributed by atoms with E-state index in [0.29, 0.717) is 16.6 Å². The molecule has 0 unspecified atom stereocenters. The Hall–Kier alpha value is -1.57. The van der Waals surface area contributed by atoms with Gasteiger partial charge in [0.2, 0.25) is 5.91 Å². The Morgan fingerprint density at radius 1 is 1.35 bits per heavy atom. The van der Waals surface area contributed by atoms with Crippen molar-refractivity contribution in [1.29, 1.82) is 0 Å². The highest BCUT2D eigenvalue weighted by Gasteiger charge is 2.31. The maximum Gasteiger partial charge on any atom is 0.234 e. The standard InChI is InChI=1S/C18H21ClN4O2S/c19-13-3-1-4-14(9-13)20-16(24)11-26-18-22-21-17(12-6-7-12)23(18)10-15-5-2-8-25-15/h1,3-4,9,12,15H,2,5-8,10-11H2,(H,20,24)/t15-/m0/s1. The second kappa shape index (κ2) is 7.98. The maximum atomic E-state index is 12.2. The van der Waals surface area contributed by atoms with Gasteiger partial charge in [0, 0.05) is 23.2 Å². The van der Waals surface area contributed by atoms with Gasteiger partial charge >= 0.3 is 0 Å². The average Bonchev–Trinajstić information content (AvgIpc) is 3.18. The molecule has 6 nitrogen and oxygen atoms in total. The van der Waals surface area contributed by atoms with Crippen LogP contribution in [0.2, 0.25) is 5.02 Å². The summed E-state index contributed by atoms with van der Waals surface area (Å²) in [4.78, 5) is 12.2. The summed E-state index contributed by atoms with van der Waals surface area (Å²) >= 11 is 7.37. The second-order valence-electron chi connectivity index (χ2n) is 6.71. The number of amides is 1. The van der Waals surface area contributed by atoms with E-state index in [9.17, 15) is 4.79 Å². The number of rotatable bonds is 7. The van der Waals surface area contributed by atoms with Crippen molar-refractivity contribution in [1.82, 2.24) is 14.8 Å². The molecule has 1 saturated heterocycles. The molecule has 0 bridgehead atoms. The molecule has 1 aliphatic heterocycles. The first-order chi connectivity index (χ1) is 12.7. The van der Waals surface area contributed by atoms with Gasteiger partial charge in [-0.1, -0.05) is 29.4 Å². The topological polar surface area (TPSA) is 69.0 Å². The molecule has 2 aromatic rings. The Balaban J connectivity index is 1.40. The highest BCUT2D eigenvalue weighted by Crippen LogP contribution is 2.40. The van der Waals surface area contributed by atoms with E-state index in [4.69, 9.17) is 16.3 Å². The molecular weight excluding hydrogens is 372 g/mol. The van der Waals surface area contributed by atoms with Crippen LogP contribution in [0, 0.1) is 0 Å². The number of aromatic nitrogens is 3. The fraction of sp³-hybridized carbons (Fsp3) is 0.500. The minimum atomic E-state index is -0.0862. The number of carbonyl (C=O) groups is 1. The molecule has 1 atom stereocenters. The summed E-state index contributed by atoms with van der Waals surface area (Å²) in [5, 5.41) is 13.0. The Kier molecular flexibility index (Phi) is 5.47. The van der Waals surface area contributed by atoms with Gasteiger partial charge in [-0.25, -0.2) is 0 Å². The predicted molar refractivity (Wildman–Crippen MR) is 102 cm³/mol. The van der Waals surface area contributed by atoms with Crippen LogP contribution in [0.1, 0.15) is 37.4 Å². The fourth-order valence-corrected chi connectivity index (χ4v) is 4.05. The maximum absolute atomic E-state index is 12.2. The third-order valence-corrected chi connectivity index (χ3v) is 5.74. The molecule has 26 heavy (non-hydrogen) atoms. The van der Waals surface area contributed by atoms with Crippen molar-refractivity contribution >= 4 is 35.0 Å². The summed E-state index contributed by atoms with van der Waals surface area (Å²) in [6, 6.07) is 7.14. The van der Waals surface area contributed by atoms with E-state index >= 15 is 0 Å². The first kappa shape index (κ1) is 17.8. The molecule has 0 radical (unpaired) electrons. The molecule has 0 spiro atoms. The van der Waals surface area contributed by atoms with Gasteiger partial charge in [-0.05, 0) is 43.9 Å². The third-order valence-electron chi connectivity index (χ3n) is 4.54. The number of nitrogens with zero attached hydrogens (tertiary/aromatic N) is 3. The van der Waals surface area contributed by atoms with Crippen LogP contribution in [-0.2, 0) is 16.1 Å². The largest absolute Gasteiger partial charge is 0.376 e. The quantitative estimate of drug-likeness (QED) is 0.727. The molecule has 4 rings (SSSR count). The van der Waals surface area contributed by atoms with Crippen LogP contribution in [0.15, 0.2) is 29.4 Å². The Bertz CT molecular complexity index is 787. The Labute approximate surface area is 161 Å². The number of thioether (sulfide) groups is 1. The summed E-state index contributed by atoms with van der Waals surface area (Å²) < 4.78 is 7.93. The monoisotopic (exact) mass is 392 g/mol. The number of ether oxygens (including phenoxy) is 1. The number of carbonyl (C=O) groups excluding carboxylic acids is 1. The van der Waals surface area contributed by atoms with Gasteiger partial charge in [-0.2, -0.15) is 0 Å². The SMILES string of the molecule is O=C(CSc1nnc(C2CC2)n1C[C@@H]1CCCO1)Nc1cccc(Cl)c1. The number of anilines is 1. The molecule has 2 heterocycles. The lowest BCUT2D eigenvalue weighted by atomic mass is 10.2. The molecule has 8 heteroatoms. The molecule has 138 valence electrons. The second-order valence-corrected chi connectivity index (χ2v) is 8.09. The van der Waals surface area contributed by atoms with Gasteiger partial charge in [0.25, 0.3) is 0 Å². The molecule has 2 aliphatic rings. The van der Waals surface area contributed by atoms with E-state index in [2.05, 4.69) is 20.1 Å². The lowest BCUT2D eigenvalue weighted by Crippen LogP contribution is -2.19. The van der Waals surface area contributed by atoms with Crippen molar-refractivity contribution in [3.63, 3.8) is 0 Å². The van der Waals surface area contributed by atoms with Gasteiger partial charge in [-0.3, -0.25) is 4.79 Å². The third kappa shape index (κ3) is 4.39. The van der Waals surface area contributed by atoms with E-state index in [0.717, 1.165) is 37.0 Å². The van der Waals surface area contributed by atoms with Crippen molar-refractivity contribution in [3.8, 4) is 0 Å². The summed E-state index contributed by atoms with van der Waals surface area (Å²) in [5.41, 5.74) is 0.697. The van der Waals surface area contributed by atoms with Crippen molar-refractivity contribution in [2.24, 2.45) is 0 Å². The van der Waals surface area contributed by atoms with E-state index < -0.39 is 0 Å². The number of halogens is 1. The van der Waals surface area contributed by atoms with E-state index in [1.54, 1.807) is 12.1 Å². The van der Waals surface area contributed by atoms with Gasteiger partial charge in [0.1, 0.15) is 5.82 Å². The fourth-order valence-electron chi connectivity index (χ4n) is 3.11. The van der Waals surface area contributed by atoms with Crippen molar-refractivity contribution in [2.45, 2.75) is 49.4 Å². The van der Waals surface area contributed by atoms with Gasteiger partial charge in [-0.15, -0.1) is 10.2 Å². The predicted octanol–water partition coefficient (Wildman–Crippen LogP) is 3.72. The summed E-state index contributed by atoms with van der Waals surface area (Å²) in [5.74, 6) is 1.74. The molecule has 1 saturated carbocycles. The first-order valence-electron chi connectivity index (χ1n) is 8.92. The molecule has 1 aromatic carbocycles. The molecule has 1 aliphatic carbocycles. The molecule has 1 aromatic heterocycles. The summed E-state index contributed by atoms with van der Waals surface area (Å²) in [7, 11) is 0. The minimum Gasteiger partial charge on any atom is -0.376 e. The number of hydrogen-bond donors (Lipinski definition) is 1. The van der Waals surface area contributed by atoms with Crippen molar-refractivity contribution in [3.05, 3.63) is 35.1 Å².